The maximum Gasteiger partial charge on any atom is 0.475 e. The van der Waals surface area contributed by atoms with Gasteiger partial charge >= 0.3 is 5.51 Å². The Bertz CT molecular complexity index is 1030. The number of nitrogens with two attached hydrogens (primary N) is 1. The summed E-state index contributed by atoms with van der Waals surface area (Å²) < 4.78 is 69.0. The van der Waals surface area contributed by atoms with Gasteiger partial charge in [-0.25, -0.2) is 13.6 Å². The Morgan fingerprint density at radius 2 is 1.82 bits per heavy atom. The Hall–Kier alpha value is -1.93. The van der Waals surface area contributed by atoms with E-state index in [1.807, 2.05) is 30.3 Å². The smallest absolute Gasteiger partial charge is 0.380 e. The van der Waals surface area contributed by atoms with Gasteiger partial charge < -0.3 is 15.0 Å². The quantitative estimate of drug-likeness (QED) is 0.479. The molecule has 2 aromatic rings. The third kappa shape index (κ3) is 7.54. The molecule has 3 atom stereocenters. The zero-order chi connectivity index (χ0) is 24.7. The van der Waals surface area contributed by atoms with E-state index in [2.05, 4.69) is 5.32 Å². The van der Waals surface area contributed by atoms with Crippen LogP contribution in [0.3, 0.4) is 0 Å². The number of carbonyl (C=O) groups excluding carboxylic acids is 1. The number of halogens is 3. The molecular formula is C21H24F3N3O4S3. The highest BCUT2D eigenvalue weighted by atomic mass is 32.2. The first-order chi connectivity index (χ1) is 16.1. The van der Waals surface area contributed by atoms with E-state index in [1.54, 1.807) is 4.90 Å². The molecule has 3 rings (SSSR count). The summed E-state index contributed by atoms with van der Waals surface area (Å²) in [6.45, 7) is 1.74. The zero-order valence-electron chi connectivity index (χ0n) is 18.0. The van der Waals surface area contributed by atoms with Crippen LogP contribution in [0.2, 0.25) is 0 Å². The van der Waals surface area contributed by atoms with E-state index < -0.39 is 38.2 Å². The number of hydrogen-bond acceptors (Lipinski definition) is 6. The predicted molar refractivity (Wildman–Crippen MR) is 126 cm³/mol. The molecule has 0 aliphatic carbocycles. The average molecular weight is 536 g/mol. The molecule has 2 aromatic carbocycles. The Balaban J connectivity index is 1.86. The fourth-order valence-electron chi connectivity index (χ4n) is 3.26. The van der Waals surface area contributed by atoms with Crippen molar-refractivity contribution in [2.24, 2.45) is 5.14 Å². The molecule has 13 heteroatoms. The van der Waals surface area contributed by atoms with Crippen LogP contribution in [0.1, 0.15) is 6.42 Å². The van der Waals surface area contributed by atoms with Crippen LogP contribution in [-0.4, -0.2) is 62.8 Å². The van der Waals surface area contributed by atoms with Gasteiger partial charge in [-0.1, -0.05) is 18.2 Å². The third-order valence-corrected chi connectivity index (χ3v) is 7.98. The van der Waals surface area contributed by atoms with Gasteiger partial charge in [0.2, 0.25) is 5.91 Å². The lowest BCUT2D eigenvalue weighted by Gasteiger charge is -2.29. The molecule has 34 heavy (non-hydrogen) atoms. The van der Waals surface area contributed by atoms with Crippen LogP contribution >= 0.6 is 11.8 Å². The lowest BCUT2D eigenvalue weighted by Crippen LogP contribution is -2.43. The van der Waals surface area contributed by atoms with Crippen molar-refractivity contribution in [2.45, 2.75) is 32.7 Å². The number of alkyl halides is 3. The van der Waals surface area contributed by atoms with Crippen molar-refractivity contribution in [3.63, 3.8) is 0 Å². The Morgan fingerprint density at radius 3 is 2.44 bits per heavy atom. The van der Waals surface area contributed by atoms with Gasteiger partial charge in [-0.05, 0) is 30.3 Å². The van der Waals surface area contributed by atoms with Crippen LogP contribution in [-0.2, 0) is 31.3 Å². The third-order valence-electron chi connectivity index (χ3n) is 4.93. The van der Waals surface area contributed by atoms with Crippen molar-refractivity contribution in [3.8, 4) is 0 Å². The predicted octanol–water partition coefficient (Wildman–Crippen LogP) is 3.12. The van der Waals surface area contributed by atoms with Crippen LogP contribution in [0.25, 0.3) is 0 Å². The molecule has 1 aliphatic rings. The maximum atomic E-state index is 13.3. The molecule has 1 fully saturated rings. The minimum Gasteiger partial charge on any atom is -0.380 e. The van der Waals surface area contributed by atoms with E-state index in [0.29, 0.717) is 32.1 Å². The van der Waals surface area contributed by atoms with E-state index in [-0.39, 0.29) is 22.9 Å². The largest absolute Gasteiger partial charge is 0.475 e. The molecular weight excluding hydrogens is 511 g/mol. The van der Waals surface area contributed by atoms with E-state index in [9.17, 15) is 26.4 Å². The highest BCUT2D eigenvalue weighted by molar-refractivity contribution is 7.99. The SMILES string of the molecule is NS(=O)c1ccc(NC(CSc2ccccc2)CC(=O)N2CCOCC2)c(S(=O)C(F)(F)F)c1. The highest BCUT2D eigenvalue weighted by Crippen LogP contribution is 2.33. The van der Waals surface area contributed by atoms with Crippen molar-refractivity contribution < 1.29 is 31.1 Å². The number of rotatable bonds is 9. The van der Waals surface area contributed by atoms with Crippen LogP contribution in [0.15, 0.2) is 63.2 Å². The molecule has 1 amide bonds. The summed E-state index contributed by atoms with van der Waals surface area (Å²) in [6.07, 6.45) is 0.0164. The standard InChI is InChI=1S/C21H24F3N3O4S3/c22-21(23,24)33(29)19-13-17(34(25)30)6-7-18(19)26-15(14-32-16-4-2-1-3-5-16)12-20(28)27-8-10-31-11-9-27/h1-7,13,15,26H,8-12,14,25H2. The van der Waals surface area contributed by atoms with Crippen LogP contribution in [0.5, 0.6) is 0 Å². The molecule has 0 spiro atoms. The van der Waals surface area contributed by atoms with Gasteiger partial charge in [0, 0.05) is 36.2 Å². The van der Waals surface area contributed by atoms with Crippen LogP contribution in [0, 0.1) is 0 Å². The topological polar surface area (TPSA) is 102 Å². The van der Waals surface area contributed by atoms with E-state index >= 15 is 0 Å². The lowest BCUT2D eigenvalue weighted by molar-refractivity contribution is -0.135. The first-order valence-corrected chi connectivity index (χ1v) is 13.6. The van der Waals surface area contributed by atoms with E-state index in [1.165, 1.54) is 23.9 Å². The van der Waals surface area contributed by atoms with Crippen molar-refractivity contribution in [1.82, 2.24) is 4.90 Å². The molecule has 7 nitrogen and oxygen atoms in total. The molecule has 0 radical (unpaired) electrons. The summed E-state index contributed by atoms with van der Waals surface area (Å²) in [6, 6.07) is 12.3. The number of thioether (sulfide) groups is 1. The number of anilines is 1. The number of ether oxygens (including phenoxy) is 1. The van der Waals surface area contributed by atoms with E-state index in [4.69, 9.17) is 9.88 Å². The first-order valence-electron chi connectivity index (χ1n) is 10.2. The number of morpholine rings is 1. The van der Waals surface area contributed by atoms with Crippen LogP contribution in [0.4, 0.5) is 18.9 Å². The van der Waals surface area contributed by atoms with Crippen molar-refractivity contribution in [3.05, 3.63) is 48.5 Å². The second-order valence-electron chi connectivity index (χ2n) is 7.33. The van der Waals surface area contributed by atoms with Gasteiger partial charge in [0.15, 0.2) is 10.8 Å². The summed E-state index contributed by atoms with van der Waals surface area (Å²) in [5, 5.41) is 8.29. The Kier molecular flexibility index (Phi) is 9.54. The number of carbonyl (C=O) groups is 1. The zero-order valence-corrected chi connectivity index (χ0v) is 20.4. The van der Waals surface area contributed by atoms with Gasteiger partial charge in [0.05, 0.1) is 28.7 Å². The average Bonchev–Trinajstić information content (AvgIpc) is 2.82. The number of nitrogens with zero attached hydrogens (tertiary/aromatic N) is 1. The normalized spacial score (nSPS) is 17.1. The fourth-order valence-corrected chi connectivity index (χ4v) is 5.53. The molecule has 0 saturated carbocycles. The number of amides is 1. The van der Waals surface area contributed by atoms with E-state index in [0.717, 1.165) is 11.0 Å². The molecule has 3 unspecified atom stereocenters. The molecule has 186 valence electrons. The molecule has 1 heterocycles. The summed E-state index contributed by atoms with van der Waals surface area (Å²) in [5.41, 5.74) is -5.08. The second-order valence-corrected chi connectivity index (χ2v) is 10.9. The Labute approximate surface area is 204 Å². The highest BCUT2D eigenvalue weighted by Gasteiger charge is 2.39. The first kappa shape index (κ1) is 26.7. The molecule has 1 saturated heterocycles. The van der Waals surface area contributed by atoms with Crippen molar-refractivity contribution >= 4 is 45.1 Å². The molecule has 1 aliphatic heterocycles. The minimum atomic E-state index is -5.02. The summed E-state index contributed by atoms with van der Waals surface area (Å²) >= 11 is 1.44. The van der Waals surface area contributed by atoms with Crippen molar-refractivity contribution in [2.75, 3.05) is 37.4 Å². The van der Waals surface area contributed by atoms with Gasteiger partial charge in [-0.3, -0.25) is 4.79 Å². The number of nitrogens with one attached hydrogen (secondary N) is 1. The molecule has 0 bridgehead atoms. The number of hydrogen-bond donors (Lipinski definition) is 2. The minimum absolute atomic E-state index is 0.0164. The summed E-state index contributed by atoms with van der Waals surface area (Å²) in [4.78, 5) is 14.8. The summed E-state index contributed by atoms with van der Waals surface area (Å²) in [7, 11) is -5.43. The number of benzene rings is 2. The van der Waals surface area contributed by atoms with Crippen molar-refractivity contribution in [1.29, 1.82) is 0 Å². The second kappa shape index (κ2) is 12.2. The Morgan fingerprint density at radius 1 is 1.15 bits per heavy atom. The fraction of sp³-hybridized carbons (Fsp3) is 0.381. The summed E-state index contributed by atoms with van der Waals surface area (Å²) in [5.74, 6) is 0.204. The van der Waals surface area contributed by atoms with Gasteiger partial charge in [0.25, 0.3) is 0 Å². The maximum absolute atomic E-state index is 13.3. The van der Waals surface area contributed by atoms with Crippen LogP contribution < -0.4 is 10.5 Å². The molecule has 3 N–H and O–H groups in total. The van der Waals surface area contributed by atoms with Gasteiger partial charge in [-0.2, -0.15) is 13.2 Å². The lowest BCUT2D eigenvalue weighted by atomic mass is 10.2. The monoisotopic (exact) mass is 535 g/mol. The van der Waals surface area contributed by atoms with Gasteiger partial charge in [0.1, 0.15) is 11.0 Å². The van der Waals surface area contributed by atoms with Gasteiger partial charge in [-0.15, -0.1) is 11.8 Å². The molecule has 0 aromatic heterocycles.